The molecular weight excluding hydrogens is 268 g/mol. The van der Waals surface area contributed by atoms with E-state index in [1.165, 1.54) is 0 Å². The van der Waals surface area contributed by atoms with Crippen LogP contribution in [0.5, 0.6) is 0 Å². The second-order valence-corrected chi connectivity index (χ2v) is 6.93. The number of carboxylic acids is 1. The highest BCUT2D eigenvalue weighted by molar-refractivity contribution is 5.79. The summed E-state index contributed by atoms with van der Waals surface area (Å²) in [5.41, 5.74) is -0.694. The summed E-state index contributed by atoms with van der Waals surface area (Å²) in [7, 11) is 0. The molecule has 120 valence electrons. The summed E-state index contributed by atoms with van der Waals surface area (Å²) in [6.45, 7) is 4.72. The number of ether oxygens (including phenoxy) is 1. The summed E-state index contributed by atoms with van der Waals surface area (Å²) < 4.78 is 5.59. The largest absolute Gasteiger partial charge is 0.480 e. The van der Waals surface area contributed by atoms with Crippen LogP contribution in [0.2, 0.25) is 0 Å². The Kier molecular flexibility index (Phi) is 4.52. The third-order valence-electron chi connectivity index (χ3n) is 5.41. The van der Waals surface area contributed by atoms with Crippen LogP contribution in [-0.2, 0) is 9.53 Å². The third kappa shape index (κ3) is 3.25. The molecule has 3 unspecified atom stereocenters. The van der Waals surface area contributed by atoms with Crippen LogP contribution in [0.15, 0.2) is 0 Å². The zero-order valence-electron chi connectivity index (χ0n) is 13.0. The zero-order chi connectivity index (χ0) is 14.9. The van der Waals surface area contributed by atoms with Gasteiger partial charge >= 0.3 is 5.97 Å². The van der Waals surface area contributed by atoms with Crippen LogP contribution in [-0.4, -0.2) is 59.4 Å². The van der Waals surface area contributed by atoms with Gasteiger partial charge in [-0.15, -0.1) is 0 Å². The van der Waals surface area contributed by atoms with Gasteiger partial charge < -0.3 is 9.84 Å². The van der Waals surface area contributed by atoms with Crippen LogP contribution in [0.25, 0.3) is 0 Å². The number of morpholine rings is 1. The summed E-state index contributed by atoms with van der Waals surface area (Å²) in [6.07, 6.45) is 6.99. The van der Waals surface area contributed by atoms with Crippen molar-refractivity contribution in [3.8, 4) is 0 Å². The van der Waals surface area contributed by atoms with Crippen molar-refractivity contribution < 1.29 is 14.6 Å². The van der Waals surface area contributed by atoms with Crippen LogP contribution in [0.4, 0.5) is 0 Å². The smallest absolute Gasteiger partial charge is 0.323 e. The highest BCUT2D eigenvalue weighted by Crippen LogP contribution is 2.36. The summed E-state index contributed by atoms with van der Waals surface area (Å²) in [5, 5.41) is 13.2. The molecule has 0 spiro atoms. The summed E-state index contributed by atoms with van der Waals surface area (Å²) in [5.74, 6) is -0.652. The Morgan fingerprint density at radius 2 is 2.24 bits per heavy atom. The summed E-state index contributed by atoms with van der Waals surface area (Å²) >= 11 is 0. The maximum atomic E-state index is 11.9. The Morgan fingerprint density at radius 1 is 1.43 bits per heavy atom. The Labute approximate surface area is 127 Å². The van der Waals surface area contributed by atoms with Gasteiger partial charge in [0.25, 0.3) is 0 Å². The normalized spacial score (nSPS) is 38.3. The molecule has 1 heterocycles. The lowest BCUT2D eigenvalue weighted by molar-refractivity contribution is -0.148. The third-order valence-corrected chi connectivity index (χ3v) is 5.41. The molecule has 2 N–H and O–H groups in total. The molecule has 3 atom stereocenters. The Balaban J connectivity index is 1.72. The Morgan fingerprint density at radius 3 is 2.90 bits per heavy atom. The molecule has 0 radical (unpaired) electrons. The summed E-state index contributed by atoms with van der Waals surface area (Å²) in [6, 6.07) is 1.27. The van der Waals surface area contributed by atoms with Gasteiger partial charge in [-0.25, -0.2) is 0 Å². The van der Waals surface area contributed by atoms with Crippen LogP contribution >= 0.6 is 0 Å². The van der Waals surface area contributed by atoms with Gasteiger partial charge in [-0.1, -0.05) is 6.92 Å². The van der Waals surface area contributed by atoms with Crippen LogP contribution in [0, 0.1) is 0 Å². The number of hydrogen-bond acceptors (Lipinski definition) is 4. The fraction of sp³-hybridized carbons (Fsp3) is 0.938. The van der Waals surface area contributed by atoms with Crippen LogP contribution in [0.3, 0.4) is 0 Å². The molecule has 0 bridgehead atoms. The van der Waals surface area contributed by atoms with Gasteiger partial charge in [-0.3, -0.25) is 15.0 Å². The molecule has 2 saturated carbocycles. The number of carbonyl (C=O) groups is 1. The van der Waals surface area contributed by atoms with Gasteiger partial charge in [-0.2, -0.15) is 0 Å². The average molecular weight is 296 g/mol. The maximum absolute atomic E-state index is 11.9. The number of hydrogen-bond donors (Lipinski definition) is 2. The molecule has 1 saturated heterocycles. The van der Waals surface area contributed by atoms with E-state index in [4.69, 9.17) is 4.74 Å². The average Bonchev–Trinajstić information content (AvgIpc) is 3.31. The molecule has 3 aliphatic rings. The SMILES string of the molecule is CCC1COCCN1C1CCCC(NC2CC2)(C(=O)O)C1. The lowest BCUT2D eigenvalue weighted by Crippen LogP contribution is -2.61. The van der Waals surface area contributed by atoms with Crippen molar-refractivity contribution in [3.05, 3.63) is 0 Å². The molecule has 0 amide bonds. The Hall–Kier alpha value is -0.650. The topological polar surface area (TPSA) is 61.8 Å². The van der Waals surface area contributed by atoms with Gasteiger partial charge in [-0.05, 0) is 44.9 Å². The quantitative estimate of drug-likeness (QED) is 0.807. The maximum Gasteiger partial charge on any atom is 0.323 e. The molecule has 5 nitrogen and oxygen atoms in total. The predicted molar refractivity (Wildman–Crippen MR) is 80.4 cm³/mol. The molecule has 0 aromatic heterocycles. The minimum absolute atomic E-state index is 0.384. The van der Waals surface area contributed by atoms with E-state index in [0.717, 1.165) is 64.7 Å². The van der Waals surface area contributed by atoms with E-state index < -0.39 is 11.5 Å². The first-order valence-electron chi connectivity index (χ1n) is 8.49. The van der Waals surface area contributed by atoms with Gasteiger partial charge in [0, 0.05) is 24.7 Å². The van der Waals surface area contributed by atoms with Crippen molar-refractivity contribution in [3.63, 3.8) is 0 Å². The van der Waals surface area contributed by atoms with E-state index in [9.17, 15) is 9.90 Å². The van der Waals surface area contributed by atoms with Gasteiger partial charge in [0.2, 0.25) is 0 Å². The number of rotatable bonds is 5. The molecule has 2 aliphatic carbocycles. The first-order chi connectivity index (χ1) is 10.1. The number of nitrogens with zero attached hydrogens (tertiary/aromatic N) is 1. The summed E-state index contributed by atoms with van der Waals surface area (Å²) in [4.78, 5) is 14.4. The van der Waals surface area contributed by atoms with E-state index in [1.807, 2.05) is 0 Å². The van der Waals surface area contributed by atoms with Crippen molar-refractivity contribution in [2.24, 2.45) is 0 Å². The van der Waals surface area contributed by atoms with E-state index in [0.29, 0.717) is 18.1 Å². The molecule has 0 aromatic carbocycles. The minimum Gasteiger partial charge on any atom is -0.480 e. The number of carboxylic acid groups (broad SMARTS) is 1. The van der Waals surface area contributed by atoms with Crippen molar-refractivity contribution in [1.29, 1.82) is 0 Å². The van der Waals surface area contributed by atoms with Crippen molar-refractivity contribution in [2.75, 3.05) is 19.8 Å². The monoisotopic (exact) mass is 296 g/mol. The first kappa shape index (κ1) is 15.3. The van der Waals surface area contributed by atoms with E-state index in [1.54, 1.807) is 0 Å². The molecule has 1 aliphatic heterocycles. The first-order valence-corrected chi connectivity index (χ1v) is 8.49. The second kappa shape index (κ2) is 6.23. The van der Waals surface area contributed by atoms with Crippen molar-refractivity contribution in [2.45, 2.75) is 75.5 Å². The van der Waals surface area contributed by atoms with E-state index in [-0.39, 0.29) is 0 Å². The van der Waals surface area contributed by atoms with Gasteiger partial charge in [0.05, 0.1) is 13.2 Å². The molecule has 21 heavy (non-hydrogen) atoms. The van der Waals surface area contributed by atoms with Crippen molar-refractivity contribution in [1.82, 2.24) is 10.2 Å². The molecule has 5 heteroatoms. The highest BCUT2D eigenvalue weighted by atomic mass is 16.5. The lowest BCUT2D eigenvalue weighted by Gasteiger charge is -2.47. The standard InChI is InChI=1S/C16H28N2O3/c1-2-13-11-21-9-8-18(13)14-4-3-7-16(10-14,15(19)20)17-12-5-6-12/h12-14,17H,2-11H2,1H3,(H,19,20). The van der Waals surface area contributed by atoms with Crippen LogP contribution < -0.4 is 5.32 Å². The van der Waals surface area contributed by atoms with E-state index in [2.05, 4.69) is 17.1 Å². The number of nitrogens with one attached hydrogen (secondary N) is 1. The van der Waals surface area contributed by atoms with Crippen molar-refractivity contribution >= 4 is 5.97 Å². The predicted octanol–water partition coefficient (Wildman–Crippen LogP) is 1.62. The van der Waals surface area contributed by atoms with Crippen LogP contribution in [0.1, 0.15) is 51.9 Å². The molecular formula is C16H28N2O3. The van der Waals surface area contributed by atoms with E-state index >= 15 is 0 Å². The zero-order valence-corrected chi connectivity index (χ0v) is 13.0. The lowest BCUT2D eigenvalue weighted by atomic mass is 9.77. The molecule has 3 fully saturated rings. The van der Waals surface area contributed by atoms with Gasteiger partial charge in [0.1, 0.15) is 5.54 Å². The second-order valence-electron chi connectivity index (χ2n) is 6.93. The Bertz CT molecular complexity index is 386. The molecule has 3 rings (SSSR count). The fourth-order valence-electron chi connectivity index (χ4n) is 4.04. The molecule has 0 aromatic rings. The highest BCUT2D eigenvalue weighted by Gasteiger charge is 2.47. The number of aliphatic carboxylic acids is 1. The minimum atomic E-state index is -0.694. The fourth-order valence-corrected chi connectivity index (χ4v) is 4.04. The van der Waals surface area contributed by atoms with Gasteiger partial charge in [0.15, 0.2) is 0 Å².